The van der Waals surface area contributed by atoms with Crippen LogP contribution < -0.4 is 5.73 Å². The molecule has 1 aromatic heterocycles. The first-order valence-electron chi connectivity index (χ1n) is 5.39. The Bertz CT molecular complexity index is 524. The fourth-order valence-electron chi connectivity index (χ4n) is 2.47. The van der Waals surface area contributed by atoms with E-state index in [0.29, 0.717) is 0 Å². The van der Waals surface area contributed by atoms with Gasteiger partial charge < -0.3 is 10.7 Å². The number of H-pyrrole nitrogens is 1. The van der Waals surface area contributed by atoms with E-state index in [9.17, 15) is 0 Å². The fraction of sp³-hybridized carbons (Fsp3) is 0.385. The maximum atomic E-state index is 6.39. The first-order chi connectivity index (χ1) is 7.03. The lowest BCUT2D eigenvalue weighted by atomic mass is 9.96. The summed E-state index contributed by atoms with van der Waals surface area (Å²) in [5.74, 6) is 0. The fourth-order valence-corrected chi connectivity index (χ4v) is 2.47. The Morgan fingerprint density at radius 3 is 2.67 bits per heavy atom. The summed E-state index contributed by atoms with van der Waals surface area (Å²) in [4.78, 5) is 3.23. The molecule has 15 heavy (non-hydrogen) atoms. The average molecular weight is 200 g/mol. The molecule has 2 aromatic rings. The number of nitrogens with one attached hydrogen (secondary N) is 1. The molecular weight excluding hydrogens is 184 g/mol. The van der Waals surface area contributed by atoms with Crippen LogP contribution in [0.25, 0.3) is 10.9 Å². The number of rotatable bonds is 1. The van der Waals surface area contributed by atoms with E-state index in [-0.39, 0.29) is 11.0 Å². The minimum atomic E-state index is -0.119. The molecule has 78 valence electrons. The van der Waals surface area contributed by atoms with Crippen molar-refractivity contribution in [1.82, 2.24) is 4.98 Å². The van der Waals surface area contributed by atoms with Crippen molar-refractivity contribution >= 4 is 10.9 Å². The second-order valence-electron chi connectivity index (χ2n) is 5.31. The van der Waals surface area contributed by atoms with Crippen LogP contribution >= 0.6 is 0 Å². The first kappa shape index (κ1) is 8.98. The van der Waals surface area contributed by atoms with Crippen molar-refractivity contribution in [2.45, 2.75) is 25.8 Å². The predicted octanol–water partition coefficient (Wildman–Crippen LogP) is 2.75. The lowest BCUT2D eigenvalue weighted by Gasteiger charge is -2.15. The minimum absolute atomic E-state index is 0.119. The third kappa shape index (κ3) is 1.08. The number of aromatic nitrogens is 1. The number of hydrogen-bond acceptors (Lipinski definition) is 1. The number of nitrogens with two attached hydrogens (primary N) is 1. The van der Waals surface area contributed by atoms with Crippen LogP contribution in [0.15, 0.2) is 30.5 Å². The Kier molecular flexibility index (Phi) is 1.47. The Labute approximate surface area is 89.5 Å². The zero-order valence-corrected chi connectivity index (χ0v) is 9.17. The van der Waals surface area contributed by atoms with Crippen LogP contribution in [0.5, 0.6) is 0 Å². The molecular formula is C13H16N2. The Morgan fingerprint density at radius 2 is 2.00 bits per heavy atom. The van der Waals surface area contributed by atoms with Gasteiger partial charge in [-0.05, 0) is 34.9 Å². The van der Waals surface area contributed by atoms with Crippen LogP contribution in [0.3, 0.4) is 0 Å². The SMILES string of the molecule is CC1(C)CC1(N)c1ccc2cc[nH]c2c1. The largest absolute Gasteiger partial charge is 0.361 e. The Balaban J connectivity index is 2.13. The van der Waals surface area contributed by atoms with Crippen molar-refractivity contribution in [2.24, 2.45) is 11.1 Å². The highest BCUT2D eigenvalue weighted by molar-refractivity contribution is 5.80. The molecule has 1 aromatic carbocycles. The number of fused-ring (bicyclic) bond motifs is 1. The number of hydrogen-bond donors (Lipinski definition) is 2. The molecule has 3 N–H and O–H groups in total. The van der Waals surface area contributed by atoms with Crippen molar-refractivity contribution in [2.75, 3.05) is 0 Å². The normalized spacial score (nSPS) is 28.2. The van der Waals surface area contributed by atoms with E-state index < -0.39 is 0 Å². The van der Waals surface area contributed by atoms with Gasteiger partial charge in [0.25, 0.3) is 0 Å². The van der Waals surface area contributed by atoms with E-state index in [4.69, 9.17) is 5.73 Å². The molecule has 0 saturated heterocycles. The summed E-state index contributed by atoms with van der Waals surface area (Å²) >= 11 is 0. The lowest BCUT2D eigenvalue weighted by molar-refractivity contribution is 0.510. The van der Waals surface area contributed by atoms with E-state index in [1.165, 1.54) is 16.5 Å². The van der Waals surface area contributed by atoms with Gasteiger partial charge in [0.1, 0.15) is 0 Å². The summed E-state index contributed by atoms with van der Waals surface area (Å²) in [5.41, 5.74) is 8.95. The maximum absolute atomic E-state index is 6.39. The molecule has 1 aliphatic rings. The van der Waals surface area contributed by atoms with Crippen molar-refractivity contribution in [3.05, 3.63) is 36.0 Å². The molecule has 1 atom stereocenters. The maximum Gasteiger partial charge on any atom is 0.0468 e. The van der Waals surface area contributed by atoms with Gasteiger partial charge in [-0.1, -0.05) is 26.0 Å². The van der Waals surface area contributed by atoms with Crippen LogP contribution in [0.2, 0.25) is 0 Å². The summed E-state index contributed by atoms with van der Waals surface area (Å²) in [6, 6.07) is 8.57. The van der Waals surface area contributed by atoms with Gasteiger partial charge in [0, 0.05) is 17.3 Å². The number of aromatic amines is 1. The summed E-state index contributed by atoms with van der Waals surface area (Å²) in [5, 5.41) is 1.25. The third-order valence-corrected chi connectivity index (χ3v) is 3.87. The van der Waals surface area contributed by atoms with E-state index >= 15 is 0 Å². The summed E-state index contributed by atoms with van der Waals surface area (Å²) in [6.45, 7) is 4.46. The summed E-state index contributed by atoms with van der Waals surface area (Å²) < 4.78 is 0. The molecule has 0 spiro atoms. The quantitative estimate of drug-likeness (QED) is 0.730. The van der Waals surface area contributed by atoms with Crippen LogP contribution in [-0.4, -0.2) is 4.98 Å². The third-order valence-electron chi connectivity index (χ3n) is 3.87. The molecule has 1 saturated carbocycles. The summed E-state index contributed by atoms with van der Waals surface area (Å²) in [7, 11) is 0. The van der Waals surface area contributed by atoms with Crippen LogP contribution in [0, 0.1) is 5.41 Å². The molecule has 1 unspecified atom stereocenters. The first-order valence-corrected chi connectivity index (χ1v) is 5.39. The van der Waals surface area contributed by atoms with Gasteiger partial charge in [-0.25, -0.2) is 0 Å². The molecule has 3 rings (SSSR count). The van der Waals surface area contributed by atoms with Crippen LogP contribution in [0.4, 0.5) is 0 Å². The van der Waals surface area contributed by atoms with E-state index in [2.05, 4.69) is 43.1 Å². The van der Waals surface area contributed by atoms with E-state index in [0.717, 1.165) is 6.42 Å². The average Bonchev–Trinajstić information content (AvgIpc) is 2.61. The molecule has 2 heteroatoms. The molecule has 0 aliphatic heterocycles. The molecule has 1 fully saturated rings. The molecule has 1 aliphatic carbocycles. The second-order valence-corrected chi connectivity index (χ2v) is 5.31. The molecule has 1 heterocycles. The molecule has 2 nitrogen and oxygen atoms in total. The highest BCUT2D eigenvalue weighted by Crippen LogP contribution is 2.60. The van der Waals surface area contributed by atoms with Gasteiger partial charge >= 0.3 is 0 Å². The Morgan fingerprint density at radius 1 is 1.27 bits per heavy atom. The van der Waals surface area contributed by atoms with Gasteiger partial charge in [0.15, 0.2) is 0 Å². The summed E-state index contributed by atoms with van der Waals surface area (Å²) in [6.07, 6.45) is 3.04. The topological polar surface area (TPSA) is 41.8 Å². The van der Waals surface area contributed by atoms with Crippen molar-refractivity contribution in [1.29, 1.82) is 0 Å². The monoisotopic (exact) mass is 200 g/mol. The van der Waals surface area contributed by atoms with Crippen molar-refractivity contribution in [3.8, 4) is 0 Å². The van der Waals surface area contributed by atoms with Crippen molar-refractivity contribution in [3.63, 3.8) is 0 Å². The van der Waals surface area contributed by atoms with Crippen molar-refractivity contribution < 1.29 is 0 Å². The zero-order chi connectivity index (χ0) is 10.7. The Hall–Kier alpha value is -1.28. The van der Waals surface area contributed by atoms with Gasteiger partial charge in [0.05, 0.1) is 0 Å². The smallest absolute Gasteiger partial charge is 0.0468 e. The molecule has 0 radical (unpaired) electrons. The highest BCUT2D eigenvalue weighted by Gasteiger charge is 2.59. The van der Waals surface area contributed by atoms with Crippen LogP contribution in [-0.2, 0) is 5.54 Å². The predicted molar refractivity (Wildman–Crippen MR) is 62.6 cm³/mol. The van der Waals surface area contributed by atoms with Gasteiger partial charge in [0.2, 0.25) is 0 Å². The van der Waals surface area contributed by atoms with Gasteiger partial charge in [-0.15, -0.1) is 0 Å². The van der Waals surface area contributed by atoms with Crippen LogP contribution in [0.1, 0.15) is 25.8 Å². The minimum Gasteiger partial charge on any atom is -0.361 e. The van der Waals surface area contributed by atoms with E-state index in [1.54, 1.807) is 0 Å². The molecule has 0 bridgehead atoms. The second kappa shape index (κ2) is 2.45. The zero-order valence-electron chi connectivity index (χ0n) is 9.17. The lowest BCUT2D eigenvalue weighted by Crippen LogP contribution is -2.25. The molecule has 0 amide bonds. The van der Waals surface area contributed by atoms with Gasteiger partial charge in [-0.3, -0.25) is 0 Å². The van der Waals surface area contributed by atoms with E-state index in [1.807, 2.05) is 6.20 Å². The highest BCUT2D eigenvalue weighted by atomic mass is 14.9. The standard InChI is InChI=1S/C13H16N2/c1-12(2)8-13(12,14)10-4-3-9-5-6-15-11(9)7-10/h3-7,15H,8,14H2,1-2H3. The van der Waals surface area contributed by atoms with Gasteiger partial charge in [-0.2, -0.15) is 0 Å². The number of benzene rings is 1.